The molecule has 1 aromatic heterocycles. The van der Waals surface area contributed by atoms with E-state index in [1.54, 1.807) is 24.0 Å². The molecule has 1 aliphatic carbocycles. The average molecular weight is 369 g/mol. The van der Waals surface area contributed by atoms with E-state index < -0.39 is 0 Å². The van der Waals surface area contributed by atoms with Gasteiger partial charge in [-0.3, -0.25) is 9.48 Å². The van der Waals surface area contributed by atoms with Crippen molar-refractivity contribution in [1.29, 1.82) is 0 Å². The standard InChI is InChI=1S/C21H24FN3O2/c1-24-20(16-12-15(22)9-10-19(16)27-2)17(13-23-24)21(26)25-11-5-7-14-6-3-4-8-18(14)25/h8-10,12-14H,3-7,11H2,1-2H3. The largest absolute Gasteiger partial charge is 0.496 e. The van der Waals surface area contributed by atoms with E-state index in [-0.39, 0.29) is 11.7 Å². The third-order valence-corrected chi connectivity index (χ3v) is 5.61. The molecule has 2 heterocycles. The Morgan fingerprint density at radius 2 is 2.11 bits per heavy atom. The number of nitrogens with zero attached hydrogens (tertiary/aromatic N) is 3. The quantitative estimate of drug-likeness (QED) is 0.816. The molecular weight excluding hydrogens is 345 g/mol. The highest BCUT2D eigenvalue weighted by molar-refractivity contribution is 6.01. The molecule has 2 aliphatic rings. The molecule has 4 rings (SSSR count). The molecule has 1 fully saturated rings. The minimum absolute atomic E-state index is 0.0673. The number of carbonyl (C=O) groups excluding carboxylic acids is 1. The number of rotatable bonds is 3. The number of fused-ring (bicyclic) bond motifs is 1. The Hall–Kier alpha value is -2.63. The third-order valence-electron chi connectivity index (χ3n) is 5.61. The first-order valence-electron chi connectivity index (χ1n) is 9.48. The van der Waals surface area contributed by atoms with Crippen LogP contribution in [0.1, 0.15) is 42.5 Å². The van der Waals surface area contributed by atoms with E-state index in [0.717, 1.165) is 37.9 Å². The number of allylic oxidation sites excluding steroid dienone is 2. The first-order valence-corrected chi connectivity index (χ1v) is 9.48. The SMILES string of the molecule is COc1ccc(F)cc1-c1c(C(=O)N2CCCC3CCCC=C32)cnn1C. The molecule has 27 heavy (non-hydrogen) atoms. The first-order chi connectivity index (χ1) is 13.1. The molecule has 6 heteroatoms. The van der Waals surface area contributed by atoms with Gasteiger partial charge in [-0.2, -0.15) is 5.10 Å². The van der Waals surface area contributed by atoms with Gasteiger partial charge in [0.15, 0.2) is 0 Å². The number of aryl methyl sites for hydroxylation is 1. The van der Waals surface area contributed by atoms with Crippen molar-refractivity contribution in [3.8, 4) is 17.0 Å². The fraction of sp³-hybridized carbons (Fsp3) is 0.429. The van der Waals surface area contributed by atoms with Gasteiger partial charge in [-0.1, -0.05) is 6.08 Å². The minimum Gasteiger partial charge on any atom is -0.496 e. The van der Waals surface area contributed by atoms with Crippen molar-refractivity contribution in [3.05, 3.63) is 47.5 Å². The molecule has 1 amide bonds. The summed E-state index contributed by atoms with van der Waals surface area (Å²) in [6.45, 7) is 0.718. The van der Waals surface area contributed by atoms with Crippen LogP contribution in [0, 0.1) is 11.7 Å². The molecule has 0 radical (unpaired) electrons. The Labute approximate surface area is 158 Å². The van der Waals surface area contributed by atoms with Crippen molar-refractivity contribution in [2.24, 2.45) is 13.0 Å². The van der Waals surface area contributed by atoms with E-state index >= 15 is 0 Å². The van der Waals surface area contributed by atoms with Gasteiger partial charge >= 0.3 is 0 Å². The molecule has 1 aromatic carbocycles. The zero-order valence-corrected chi connectivity index (χ0v) is 15.7. The fourth-order valence-electron chi connectivity index (χ4n) is 4.32. The normalized spacial score (nSPS) is 19.4. The topological polar surface area (TPSA) is 47.4 Å². The maximum atomic E-state index is 13.9. The highest BCUT2D eigenvalue weighted by Gasteiger charge is 2.33. The number of halogens is 1. The lowest BCUT2D eigenvalue weighted by Gasteiger charge is -2.38. The van der Waals surface area contributed by atoms with Crippen LogP contribution in [0.15, 0.2) is 36.2 Å². The van der Waals surface area contributed by atoms with Crippen LogP contribution >= 0.6 is 0 Å². The summed E-state index contributed by atoms with van der Waals surface area (Å²) < 4.78 is 20.9. The molecule has 0 bridgehead atoms. The summed E-state index contributed by atoms with van der Waals surface area (Å²) >= 11 is 0. The van der Waals surface area contributed by atoms with Crippen molar-refractivity contribution in [2.45, 2.75) is 32.1 Å². The minimum atomic E-state index is -0.376. The van der Waals surface area contributed by atoms with Gasteiger partial charge in [0.05, 0.1) is 24.6 Å². The number of carbonyl (C=O) groups is 1. The Bertz CT molecular complexity index is 903. The van der Waals surface area contributed by atoms with Crippen LogP contribution in [0.3, 0.4) is 0 Å². The number of likely N-dealkylation sites (tertiary alicyclic amines) is 1. The number of aromatic nitrogens is 2. The second kappa shape index (κ2) is 7.18. The van der Waals surface area contributed by atoms with E-state index in [9.17, 15) is 9.18 Å². The lowest BCUT2D eigenvalue weighted by atomic mass is 9.84. The monoisotopic (exact) mass is 369 g/mol. The molecule has 1 aliphatic heterocycles. The highest BCUT2D eigenvalue weighted by Crippen LogP contribution is 2.38. The molecule has 0 saturated carbocycles. The van der Waals surface area contributed by atoms with Crippen molar-refractivity contribution < 1.29 is 13.9 Å². The summed E-state index contributed by atoms with van der Waals surface area (Å²) in [5.41, 5.74) is 2.74. The molecule has 2 aromatic rings. The van der Waals surface area contributed by atoms with E-state index in [1.165, 1.54) is 25.7 Å². The van der Waals surface area contributed by atoms with E-state index in [4.69, 9.17) is 4.74 Å². The third kappa shape index (κ3) is 3.13. The molecule has 1 atom stereocenters. The Morgan fingerprint density at radius 1 is 1.30 bits per heavy atom. The van der Waals surface area contributed by atoms with Crippen LogP contribution in [0.2, 0.25) is 0 Å². The fourth-order valence-corrected chi connectivity index (χ4v) is 4.32. The summed E-state index contributed by atoms with van der Waals surface area (Å²) in [5.74, 6) is 0.545. The van der Waals surface area contributed by atoms with Crippen LogP contribution in [-0.2, 0) is 7.05 Å². The van der Waals surface area contributed by atoms with Crippen molar-refractivity contribution in [1.82, 2.24) is 14.7 Å². The summed E-state index contributed by atoms with van der Waals surface area (Å²) in [6, 6.07) is 4.32. The number of piperidine rings is 1. The lowest BCUT2D eigenvalue weighted by molar-refractivity contribution is 0.0749. The summed E-state index contributed by atoms with van der Waals surface area (Å²) in [7, 11) is 3.30. The van der Waals surface area contributed by atoms with E-state index in [1.807, 2.05) is 4.90 Å². The summed E-state index contributed by atoms with van der Waals surface area (Å²) in [6.07, 6.45) is 9.30. The van der Waals surface area contributed by atoms with Gasteiger partial charge in [-0.15, -0.1) is 0 Å². The zero-order valence-electron chi connectivity index (χ0n) is 15.7. The highest BCUT2D eigenvalue weighted by atomic mass is 19.1. The van der Waals surface area contributed by atoms with Gasteiger partial charge in [-0.05, 0) is 56.2 Å². The van der Waals surface area contributed by atoms with Gasteiger partial charge in [0.1, 0.15) is 11.6 Å². The number of methoxy groups -OCH3 is 1. The second-order valence-corrected chi connectivity index (χ2v) is 7.23. The van der Waals surface area contributed by atoms with Crippen molar-refractivity contribution >= 4 is 5.91 Å². The molecule has 0 N–H and O–H groups in total. The van der Waals surface area contributed by atoms with Crippen molar-refractivity contribution in [3.63, 3.8) is 0 Å². The van der Waals surface area contributed by atoms with Crippen LogP contribution in [0.5, 0.6) is 5.75 Å². The summed E-state index contributed by atoms with van der Waals surface area (Å²) in [5, 5.41) is 4.29. The lowest BCUT2D eigenvalue weighted by Crippen LogP contribution is -2.39. The van der Waals surface area contributed by atoms with Crippen LogP contribution in [0.4, 0.5) is 4.39 Å². The molecular formula is C21H24FN3O2. The molecule has 1 saturated heterocycles. The van der Waals surface area contributed by atoms with E-state index in [0.29, 0.717) is 28.5 Å². The smallest absolute Gasteiger partial charge is 0.261 e. The van der Waals surface area contributed by atoms with Crippen molar-refractivity contribution in [2.75, 3.05) is 13.7 Å². The van der Waals surface area contributed by atoms with Crippen LogP contribution < -0.4 is 4.74 Å². The predicted octanol–water partition coefficient (Wildman–Crippen LogP) is 4.15. The van der Waals surface area contributed by atoms with Gasteiger partial charge in [0.25, 0.3) is 5.91 Å². The number of benzene rings is 1. The molecule has 1 unspecified atom stereocenters. The van der Waals surface area contributed by atoms with Gasteiger partial charge < -0.3 is 9.64 Å². The predicted molar refractivity (Wildman–Crippen MR) is 101 cm³/mol. The first kappa shape index (κ1) is 17.8. The van der Waals surface area contributed by atoms with Gasteiger partial charge in [-0.25, -0.2) is 4.39 Å². The zero-order chi connectivity index (χ0) is 19.0. The maximum Gasteiger partial charge on any atom is 0.261 e. The van der Waals surface area contributed by atoms with Crippen LogP contribution in [-0.4, -0.2) is 34.2 Å². The van der Waals surface area contributed by atoms with Gasteiger partial charge in [0.2, 0.25) is 0 Å². The number of amides is 1. The number of hydrogen-bond acceptors (Lipinski definition) is 3. The number of ether oxygens (including phenoxy) is 1. The Balaban J connectivity index is 1.77. The van der Waals surface area contributed by atoms with Gasteiger partial charge in [0, 0.05) is 24.9 Å². The molecule has 0 spiro atoms. The number of hydrogen-bond donors (Lipinski definition) is 0. The summed E-state index contributed by atoms with van der Waals surface area (Å²) in [4.78, 5) is 15.3. The molecule has 5 nitrogen and oxygen atoms in total. The second-order valence-electron chi connectivity index (χ2n) is 7.23. The van der Waals surface area contributed by atoms with E-state index in [2.05, 4.69) is 11.2 Å². The Kier molecular flexibility index (Phi) is 4.72. The average Bonchev–Trinajstić information content (AvgIpc) is 3.08. The maximum absolute atomic E-state index is 13.9. The molecule has 142 valence electrons. The Morgan fingerprint density at radius 3 is 2.93 bits per heavy atom. The van der Waals surface area contributed by atoms with Crippen LogP contribution in [0.25, 0.3) is 11.3 Å².